The zero-order valence-corrected chi connectivity index (χ0v) is 10.4. The minimum absolute atomic E-state index is 0.158. The third-order valence-electron chi connectivity index (χ3n) is 2.40. The van der Waals surface area contributed by atoms with Gasteiger partial charge in [0.15, 0.2) is 0 Å². The van der Waals surface area contributed by atoms with E-state index in [1.54, 1.807) is 18.2 Å². The minimum atomic E-state index is -1.18. The first kappa shape index (κ1) is 13.8. The van der Waals surface area contributed by atoms with Crippen molar-refractivity contribution in [3.63, 3.8) is 0 Å². The Labute approximate surface area is 105 Å². The molecule has 0 aromatic heterocycles. The molecule has 0 bridgehead atoms. The molecule has 0 radical (unpaired) electrons. The number of carboxylic acid groups (broad SMARTS) is 1. The van der Waals surface area contributed by atoms with Crippen molar-refractivity contribution < 1.29 is 14.7 Å². The summed E-state index contributed by atoms with van der Waals surface area (Å²) in [7, 11) is 0. The summed E-state index contributed by atoms with van der Waals surface area (Å²) < 4.78 is 0. The lowest BCUT2D eigenvalue weighted by atomic mass is 10.1. The maximum Gasteiger partial charge on any atom is 0.352 e. The maximum atomic E-state index is 11.0. The second kappa shape index (κ2) is 5.86. The maximum absolute atomic E-state index is 11.0. The molecule has 18 heavy (non-hydrogen) atoms. The van der Waals surface area contributed by atoms with E-state index in [-0.39, 0.29) is 5.70 Å². The van der Waals surface area contributed by atoms with Crippen LogP contribution in [0, 0.1) is 0 Å². The summed E-state index contributed by atoms with van der Waals surface area (Å²) >= 11 is 0. The molecule has 0 aliphatic heterocycles. The summed E-state index contributed by atoms with van der Waals surface area (Å²) in [5.74, 6) is -1.60. The number of hydrogen-bond donors (Lipinski definition) is 3. The zero-order chi connectivity index (χ0) is 13.7. The van der Waals surface area contributed by atoms with Crippen LogP contribution in [0.1, 0.15) is 25.0 Å². The Hall–Kier alpha value is -2.30. The van der Waals surface area contributed by atoms with Gasteiger partial charge in [-0.15, -0.1) is 0 Å². The molecule has 96 valence electrons. The smallest absolute Gasteiger partial charge is 0.352 e. The number of carboxylic acids is 1. The van der Waals surface area contributed by atoms with Gasteiger partial charge in [-0.2, -0.15) is 0 Å². The van der Waals surface area contributed by atoms with E-state index in [2.05, 4.69) is 5.32 Å². The first-order valence-corrected chi connectivity index (χ1v) is 5.55. The number of hydrogen-bond acceptors (Lipinski definition) is 3. The SMILES string of the molecule is CCc1cc(/C=C(/NC(C)=O)C(=O)O)ccc1N. The molecule has 4 N–H and O–H groups in total. The number of carbonyl (C=O) groups is 2. The highest BCUT2D eigenvalue weighted by molar-refractivity contribution is 5.96. The van der Waals surface area contributed by atoms with Crippen molar-refractivity contribution >= 4 is 23.6 Å². The summed E-state index contributed by atoms with van der Waals surface area (Å²) in [4.78, 5) is 21.8. The van der Waals surface area contributed by atoms with E-state index in [9.17, 15) is 9.59 Å². The van der Waals surface area contributed by atoms with Crippen molar-refractivity contribution in [2.45, 2.75) is 20.3 Å². The number of aryl methyl sites for hydroxylation is 1. The van der Waals surface area contributed by atoms with Crippen LogP contribution in [-0.2, 0) is 16.0 Å². The molecule has 0 heterocycles. The monoisotopic (exact) mass is 248 g/mol. The van der Waals surface area contributed by atoms with E-state index in [0.717, 1.165) is 12.0 Å². The Morgan fingerprint density at radius 2 is 2.11 bits per heavy atom. The molecular weight excluding hydrogens is 232 g/mol. The van der Waals surface area contributed by atoms with Crippen molar-refractivity contribution in [2.75, 3.05) is 5.73 Å². The Morgan fingerprint density at radius 1 is 1.44 bits per heavy atom. The van der Waals surface area contributed by atoms with Crippen molar-refractivity contribution in [3.8, 4) is 0 Å². The van der Waals surface area contributed by atoms with Crippen LogP contribution in [-0.4, -0.2) is 17.0 Å². The van der Waals surface area contributed by atoms with Crippen molar-refractivity contribution in [1.82, 2.24) is 5.32 Å². The van der Waals surface area contributed by atoms with Gasteiger partial charge in [-0.1, -0.05) is 13.0 Å². The van der Waals surface area contributed by atoms with E-state index >= 15 is 0 Å². The van der Waals surface area contributed by atoms with Gasteiger partial charge in [0.05, 0.1) is 0 Å². The van der Waals surface area contributed by atoms with Gasteiger partial charge >= 0.3 is 5.97 Å². The molecule has 0 aliphatic carbocycles. The molecule has 1 aromatic carbocycles. The number of aliphatic carboxylic acids is 1. The summed E-state index contributed by atoms with van der Waals surface area (Å²) in [6.45, 7) is 3.22. The first-order valence-electron chi connectivity index (χ1n) is 5.55. The lowest BCUT2D eigenvalue weighted by Crippen LogP contribution is -2.24. The molecule has 1 rings (SSSR count). The predicted molar refractivity (Wildman–Crippen MR) is 69.7 cm³/mol. The third kappa shape index (κ3) is 3.62. The summed E-state index contributed by atoms with van der Waals surface area (Å²) in [5, 5.41) is 11.2. The van der Waals surface area contributed by atoms with Crippen LogP contribution in [0.2, 0.25) is 0 Å². The fourth-order valence-electron chi connectivity index (χ4n) is 1.53. The number of benzene rings is 1. The second-order valence-corrected chi connectivity index (χ2v) is 3.86. The predicted octanol–water partition coefficient (Wildman–Crippen LogP) is 1.39. The average molecular weight is 248 g/mol. The van der Waals surface area contributed by atoms with Gasteiger partial charge in [0.2, 0.25) is 5.91 Å². The summed E-state index contributed by atoms with van der Waals surface area (Å²) in [6, 6.07) is 5.23. The van der Waals surface area contributed by atoms with Gasteiger partial charge in [0, 0.05) is 12.6 Å². The molecule has 1 aromatic rings. The normalized spacial score (nSPS) is 11.1. The number of nitrogen functional groups attached to an aromatic ring is 1. The number of nitrogens with one attached hydrogen (secondary N) is 1. The average Bonchev–Trinajstić information content (AvgIpc) is 2.29. The highest BCUT2D eigenvalue weighted by Gasteiger charge is 2.09. The van der Waals surface area contributed by atoms with E-state index in [4.69, 9.17) is 10.8 Å². The van der Waals surface area contributed by atoms with Gasteiger partial charge in [-0.25, -0.2) is 4.79 Å². The fourth-order valence-corrected chi connectivity index (χ4v) is 1.53. The highest BCUT2D eigenvalue weighted by atomic mass is 16.4. The van der Waals surface area contributed by atoms with Crippen LogP contribution < -0.4 is 11.1 Å². The van der Waals surface area contributed by atoms with Gasteiger partial charge in [0.1, 0.15) is 5.70 Å². The number of anilines is 1. The van der Waals surface area contributed by atoms with Crippen LogP contribution in [0.15, 0.2) is 23.9 Å². The van der Waals surface area contributed by atoms with E-state index < -0.39 is 11.9 Å². The van der Waals surface area contributed by atoms with Gasteiger partial charge in [-0.05, 0) is 35.8 Å². The molecule has 0 saturated carbocycles. The topological polar surface area (TPSA) is 92.4 Å². The molecular formula is C13H16N2O3. The standard InChI is InChI=1S/C13H16N2O3/c1-3-10-6-9(4-5-11(10)14)7-12(13(17)18)15-8(2)16/h4-7H,3,14H2,1-2H3,(H,15,16)(H,17,18)/b12-7+. The lowest BCUT2D eigenvalue weighted by molar-refractivity contribution is -0.134. The zero-order valence-electron chi connectivity index (χ0n) is 10.4. The van der Waals surface area contributed by atoms with Crippen LogP contribution in [0.3, 0.4) is 0 Å². The van der Waals surface area contributed by atoms with E-state index in [1.807, 2.05) is 6.92 Å². The van der Waals surface area contributed by atoms with Crippen molar-refractivity contribution in [3.05, 3.63) is 35.0 Å². The molecule has 5 nitrogen and oxygen atoms in total. The third-order valence-corrected chi connectivity index (χ3v) is 2.40. The molecule has 0 aliphatic rings. The molecule has 0 atom stereocenters. The van der Waals surface area contributed by atoms with Crippen molar-refractivity contribution in [2.24, 2.45) is 0 Å². The quantitative estimate of drug-likeness (QED) is 0.554. The minimum Gasteiger partial charge on any atom is -0.477 e. The van der Waals surface area contributed by atoms with Gasteiger partial charge in [-0.3, -0.25) is 4.79 Å². The summed E-state index contributed by atoms with van der Waals surface area (Å²) in [5.41, 5.74) is 7.91. The van der Waals surface area contributed by atoms with E-state index in [0.29, 0.717) is 11.3 Å². The molecule has 0 spiro atoms. The molecule has 0 unspecified atom stereocenters. The lowest BCUT2D eigenvalue weighted by Gasteiger charge is -2.06. The number of carbonyl (C=O) groups excluding carboxylic acids is 1. The second-order valence-electron chi connectivity index (χ2n) is 3.86. The number of rotatable bonds is 4. The van der Waals surface area contributed by atoms with Crippen LogP contribution in [0.25, 0.3) is 6.08 Å². The largest absolute Gasteiger partial charge is 0.477 e. The Balaban J connectivity index is 3.11. The van der Waals surface area contributed by atoms with E-state index in [1.165, 1.54) is 13.0 Å². The van der Waals surface area contributed by atoms with Crippen LogP contribution in [0.5, 0.6) is 0 Å². The molecule has 0 fully saturated rings. The van der Waals surface area contributed by atoms with Crippen LogP contribution in [0.4, 0.5) is 5.69 Å². The molecule has 1 amide bonds. The van der Waals surface area contributed by atoms with Crippen molar-refractivity contribution in [1.29, 1.82) is 0 Å². The summed E-state index contributed by atoms with van der Waals surface area (Å²) in [6.07, 6.45) is 2.17. The van der Waals surface area contributed by atoms with Gasteiger partial charge in [0.25, 0.3) is 0 Å². The van der Waals surface area contributed by atoms with Crippen LogP contribution >= 0.6 is 0 Å². The molecule has 0 saturated heterocycles. The molecule has 5 heteroatoms. The highest BCUT2D eigenvalue weighted by Crippen LogP contribution is 2.16. The Morgan fingerprint density at radius 3 is 2.61 bits per heavy atom. The Kier molecular flexibility index (Phi) is 4.48. The fraction of sp³-hybridized carbons (Fsp3) is 0.231. The first-order chi connectivity index (χ1) is 8.43. The number of nitrogens with two attached hydrogens (primary N) is 1. The number of amides is 1. The van der Waals surface area contributed by atoms with Gasteiger partial charge < -0.3 is 16.2 Å². The Bertz CT molecular complexity index is 507.